The van der Waals surface area contributed by atoms with Crippen molar-refractivity contribution in [3.05, 3.63) is 88.5 Å². The van der Waals surface area contributed by atoms with Crippen LogP contribution >= 0.6 is 0 Å². The second-order valence-corrected chi connectivity index (χ2v) is 9.35. The fraction of sp³-hybridized carbons (Fsp3) is 0.321. The van der Waals surface area contributed by atoms with Gasteiger partial charge in [-0.15, -0.1) is 5.10 Å². The summed E-state index contributed by atoms with van der Waals surface area (Å²) in [6.45, 7) is 5.24. The summed E-state index contributed by atoms with van der Waals surface area (Å²) in [7, 11) is 0. The van der Waals surface area contributed by atoms with Crippen molar-refractivity contribution >= 4 is 0 Å². The van der Waals surface area contributed by atoms with Crippen molar-refractivity contribution in [1.82, 2.24) is 39.3 Å². The molecule has 0 amide bonds. The molecular formula is C28H32N8O2. The number of aromatic nitrogens is 8. The summed E-state index contributed by atoms with van der Waals surface area (Å²) >= 11 is 0. The molecule has 0 bridgehead atoms. The number of H-pyrrole nitrogens is 1. The number of hydrogen-bond acceptors (Lipinski definition) is 6. The van der Waals surface area contributed by atoms with Gasteiger partial charge in [-0.3, -0.25) is 14.1 Å². The van der Waals surface area contributed by atoms with Crippen molar-refractivity contribution in [2.24, 2.45) is 0 Å². The average molecular weight is 513 g/mol. The third-order valence-corrected chi connectivity index (χ3v) is 6.68. The van der Waals surface area contributed by atoms with Crippen LogP contribution in [0.4, 0.5) is 0 Å². The summed E-state index contributed by atoms with van der Waals surface area (Å²) in [6, 6.07) is 13.8. The maximum atomic E-state index is 13.8. The van der Waals surface area contributed by atoms with Crippen LogP contribution in [0.5, 0.6) is 0 Å². The van der Waals surface area contributed by atoms with Crippen molar-refractivity contribution in [3.8, 4) is 28.3 Å². The second-order valence-electron chi connectivity index (χ2n) is 9.35. The number of tetrazole rings is 1. The molecule has 4 aromatic heterocycles. The third-order valence-electron chi connectivity index (χ3n) is 6.68. The number of unbranched alkanes of at least 4 members (excludes halogenated alkanes) is 1. The molecule has 5 aromatic rings. The number of rotatable bonds is 11. The molecule has 0 aliphatic heterocycles. The summed E-state index contributed by atoms with van der Waals surface area (Å²) < 4.78 is 5.53. The number of aliphatic hydroxyl groups is 1. The summed E-state index contributed by atoms with van der Waals surface area (Å²) in [5, 5.41) is 24.1. The lowest BCUT2D eigenvalue weighted by atomic mass is 10.0. The van der Waals surface area contributed by atoms with Gasteiger partial charge in [0.2, 0.25) is 0 Å². The van der Waals surface area contributed by atoms with Crippen molar-refractivity contribution < 1.29 is 5.11 Å². The fourth-order valence-corrected chi connectivity index (χ4v) is 4.79. The number of aryl methyl sites for hydroxylation is 2. The smallest absolute Gasteiger partial charge is 0.334 e. The van der Waals surface area contributed by atoms with Crippen LogP contribution in [-0.2, 0) is 26.1 Å². The Balaban J connectivity index is 1.52. The predicted octanol–water partition coefficient (Wildman–Crippen LogP) is 3.98. The number of nitrogens with one attached hydrogen (secondary N) is 1. The molecule has 1 aromatic carbocycles. The Bertz CT molecular complexity index is 1560. The number of imidazole rings is 1. The summed E-state index contributed by atoms with van der Waals surface area (Å²) in [6.07, 6.45) is 9.36. The number of pyridine rings is 1. The summed E-state index contributed by atoms with van der Waals surface area (Å²) in [4.78, 5) is 18.4. The van der Waals surface area contributed by atoms with E-state index in [1.807, 2.05) is 64.0 Å². The molecule has 0 unspecified atom stereocenters. The van der Waals surface area contributed by atoms with E-state index >= 15 is 0 Å². The Morgan fingerprint density at radius 1 is 1.03 bits per heavy atom. The predicted molar refractivity (Wildman–Crippen MR) is 145 cm³/mol. The highest BCUT2D eigenvalue weighted by Crippen LogP contribution is 2.25. The molecule has 0 atom stereocenters. The highest BCUT2D eigenvalue weighted by molar-refractivity contribution is 5.70. The first-order chi connectivity index (χ1) is 18.6. The molecule has 38 heavy (non-hydrogen) atoms. The Labute approximate surface area is 220 Å². The zero-order chi connectivity index (χ0) is 26.5. The standard InChI is InChI=1S/C28H32N8O2/c1-3-5-9-25-18-36(27-23(19-37)11-14-34(27)13-4-2)28(38)35(25)17-24-16-21(10-12-29-24)20-7-6-8-22(15-20)26-30-32-33-31-26/h6-8,10-12,14-16,18,37H,3-5,9,13,17,19H2,1-2H3,(H,30,31,32,33). The van der Waals surface area contributed by atoms with Gasteiger partial charge in [0.05, 0.1) is 18.8 Å². The normalized spacial score (nSPS) is 11.3. The second kappa shape index (κ2) is 11.4. The van der Waals surface area contributed by atoms with E-state index in [1.165, 1.54) is 0 Å². The van der Waals surface area contributed by atoms with E-state index in [0.717, 1.165) is 71.7 Å². The van der Waals surface area contributed by atoms with E-state index in [9.17, 15) is 9.90 Å². The molecule has 10 nitrogen and oxygen atoms in total. The lowest BCUT2D eigenvalue weighted by Gasteiger charge is -2.10. The van der Waals surface area contributed by atoms with E-state index in [0.29, 0.717) is 12.4 Å². The van der Waals surface area contributed by atoms with Gasteiger partial charge in [0.15, 0.2) is 5.82 Å². The lowest BCUT2D eigenvalue weighted by Crippen LogP contribution is -2.27. The first-order valence-corrected chi connectivity index (χ1v) is 13.0. The Hall–Kier alpha value is -4.31. The highest BCUT2D eigenvalue weighted by Gasteiger charge is 2.18. The summed E-state index contributed by atoms with van der Waals surface area (Å²) in [5.74, 6) is 1.33. The first kappa shape index (κ1) is 25.3. The highest BCUT2D eigenvalue weighted by atomic mass is 16.3. The van der Waals surface area contributed by atoms with Crippen LogP contribution < -0.4 is 5.69 Å². The van der Waals surface area contributed by atoms with E-state index in [4.69, 9.17) is 0 Å². The van der Waals surface area contributed by atoms with Crippen molar-refractivity contribution in [2.45, 2.75) is 59.2 Å². The number of benzene rings is 1. The van der Waals surface area contributed by atoms with Crippen LogP contribution in [0.15, 0.2) is 65.8 Å². The molecule has 0 saturated carbocycles. The quantitative estimate of drug-likeness (QED) is 0.276. The number of aromatic amines is 1. The monoisotopic (exact) mass is 512 g/mol. The minimum Gasteiger partial charge on any atom is -0.392 e. The van der Waals surface area contributed by atoms with Crippen molar-refractivity contribution in [1.29, 1.82) is 0 Å². The molecule has 10 heteroatoms. The van der Waals surface area contributed by atoms with Crippen LogP contribution in [0.1, 0.15) is 50.1 Å². The third kappa shape index (κ3) is 5.08. The number of nitrogens with zero attached hydrogens (tertiary/aromatic N) is 7. The minimum atomic E-state index is -0.131. The lowest BCUT2D eigenvalue weighted by molar-refractivity contribution is 0.281. The van der Waals surface area contributed by atoms with Gasteiger partial charge >= 0.3 is 5.69 Å². The fourth-order valence-electron chi connectivity index (χ4n) is 4.79. The zero-order valence-electron chi connectivity index (χ0n) is 21.7. The molecule has 2 N–H and O–H groups in total. The van der Waals surface area contributed by atoms with Crippen LogP contribution in [-0.4, -0.2) is 44.4 Å². The molecule has 196 valence electrons. The maximum absolute atomic E-state index is 13.8. The molecule has 4 heterocycles. The van der Waals surface area contributed by atoms with Crippen LogP contribution in [0.3, 0.4) is 0 Å². The minimum absolute atomic E-state index is 0.124. The Morgan fingerprint density at radius 3 is 2.63 bits per heavy atom. The van der Waals surface area contributed by atoms with Gasteiger partial charge in [0.1, 0.15) is 5.82 Å². The average Bonchev–Trinajstić information content (AvgIpc) is 3.69. The van der Waals surface area contributed by atoms with E-state index in [-0.39, 0.29) is 12.3 Å². The van der Waals surface area contributed by atoms with Crippen LogP contribution in [0, 0.1) is 0 Å². The van der Waals surface area contributed by atoms with Gasteiger partial charge in [0.25, 0.3) is 0 Å². The first-order valence-electron chi connectivity index (χ1n) is 13.0. The molecule has 5 rings (SSSR count). The van der Waals surface area contributed by atoms with Gasteiger partial charge < -0.3 is 9.67 Å². The van der Waals surface area contributed by atoms with Gasteiger partial charge in [-0.05, 0) is 65.1 Å². The Kier molecular flexibility index (Phi) is 7.60. The van der Waals surface area contributed by atoms with Gasteiger partial charge in [0, 0.05) is 42.0 Å². The van der Waals surface area contributed by atoms with E-state index in [2.05, 4.69) is 39.5 Å². The Morgan fingerprint density at radius 2 is 1.87 bits per heavy atom. The maximum Gasteiger partial charge on any atom is 0.334 e. The van der Waals surface area contributed by atoms with Gasteiger partial charge in [-0.25, -0.2) is 9.89 Å². The molecule has 0 aliphatic carbocycles. The number of aliphatic hydroxyl groups excluding tert-OH is 1. The molecule has 0 saturated heterocycles. The molecule has 0 radical (unpaired) electrons. The van der Waals surface area contributed by atoms with Crippen LogP contribution in [0.2, 0.25) is 0 Å². The SMILES string of the molecule is CCCCc1cn(-c2c(CO)ccn2CCC)c(=O)n1Cc1cc(-c2cccc(-c3nnn[nH]3)c2)ccn1. The molecule has 0 aliphatic rings. The summed E-state index contributed by atoms with van der Waals surface area (Å²) in [5.41, 5.74) is 5.23. The molecule has 0 fully saturated rings. The zero-order valence-corrected chi connectivity index (χ0v) is 21.7. The van der Waals surface area contributed by atoms with Gasteiger partial charge in [-0.1, -0.05) is 38.5 Å². The van der Waals surface area contributed by atoms with E-state index < -0.39 is 0 Å². The molecule has 0 spiro atoms. The molecular weight excluding hydrogens is 480 g/mol. The largest absolute Gasteiger partial charge is 0.392 e. The van der Waals surface area contributed by atoms with Gasteiger partial charge in [-0.2, -0.15) is 0 Å². The van der Waals surface area contributed by atoms with Crippen LogP contribution in [0.25, 0.3) is 28.3 Å². The van der Waals surface area contributed by atoms with Crippen molar-refractivity contribution in [2.75, 3.05) is 0 Å². The topological polar surface area (TPSA) is 119 Å². The van der Waals surface area contributed by atoms with E-state index in [1.54, 1.807) is 10.8 Å². The number of hydrogen-bond donors (Lipinski definition) is 2. The van der Waals surface area contributed by atoms with Crippen molar-refractivity contribution in [3.63, 3.8) is 0 Å².